The molecule has 2 rings (SSSR count). The quantitative estimate of drug-likeness (QED) is 0.446. The van der Waals surface area contributed by atoms with E-state index in [-0.39, 0.29) is 5.69 Å². The van der Waals surface area contributed by atoms with Gasteiger partial charge in [-0.05, 0) is 12.1 Å². The van der Waals surface area contributed by atoms with Crippen LogP contribution < -0.4 is 5.73 Å². The first kappa shape index (κ1) is 9.29. The predicted octanol–water partition coefficient (Wildman–Crippen LogP) is 2.68. The molecule has 4 nitrogen and oxygen atoms in total. The molecule has 2 aromatic rings. The van der Waals surface area contributed by atoms with Crippen LogP contribution in [0.5, 0.6) is 0 Å². The Morgan fingerprint density at radius 2 is 2.21 bits per heavy atom. The number of nitrogens with two attached hydrogens (primary N) is 1. The van der Waals surface area contributed by atoms with E-state index in [0.717, 1.165) is 5.39 Å². The molecule has 0 fully saturated rings. The SMILES string of the molecule is Nc1cc2c(S)ccc([N+](=O)[O-])c2s1. The van der Waals surface area contributed by atoms with Gasteiger partial charge in [0.1, 0.15) is 4.70 Å². The van der Waals surface area contributed by atoms with Crippen LogP contribution in [-0.2, 0) is 0 Å². The minimum absolute atomic E-state index is 0.0829. The molecule has 0 amide bonds. The molecule has 0 saturated carbocycles. The molecule has 14 heavy (non-hydrogen) atoms. The number of non-ortho nitro benzene ring substituents is 1. The highest BCUT2D eigenvalue weighted by atomic mass is 32.1. The molecule has 0 atom stereocenters. The highest BCUT2D eigenvalue weighted by Crippen LogP contribution is 2.37. The van der Waals surface area contributed by atoms with E-state index in [1.807, 2.05) is 0 Å². The van der Waals surface area contributed by atoms with Crippen molar-refractivity contribution < 1.29 is 4.92 Å². The lowest BCUT2D eigenvalue weighted by Crippen LogP contribution is -1.87. The normalized spacial score (nSPS) is 10.6. The number of benzene rings is 1. The summed E-state index contributed by atoms with van der Waals surface area (Å²) in [6.07, 6.45) is 0. The fraction of sp³-hybridized carbons (Fsp3) is 0. The first-order valence-electron chi connectivity index (χ1n) is 3.75. The molecule has 0 aliphatic carbocycles. The molecule has 0 unspecified atom stereocenters. The second-order valence-corrected chi connectivity index (χ2v) is 4.32. The number of nitro benzene ring substituents is 1. The molecule has 0 bridgehead atoms. The monoisotopic (exact) mass is 226 g/mol. The van der Waals surface area contributed by atoms with Gasteiger partial charge < -0.3 is 5.73 Å². The van der Waals surface area contributed by atoms with Gasteiger partial charge in [0.05, 0.1) is 9.92 Å². The molecule has 1 aromatic heterocycles. The van der Waals surface area contributed by atoms with Crippen LogP contribution in [0.25, 0.3) is 10.1 Å². The van der Waals surface area contributed by atoms with Crippen LogP contribution in [0.2, 0.25) is 0 Å². The standard InChI is InChI=1S/C8H6N2O2S2/c9-7-3-4-6(13)2-1-5(10(11)12)8(4)14-7/h1-3,13H,9H2. The maximum absolute atomic E-state index is 10.7. The molecular formula is C8H6N2O2S2. The Morgan fingerprint density at radius 1 is 1.50 bits per heavy atom. The fourth-order valence-electron chi connectivity index (χ4n) is 1.26. The predicted molar refractivity (Wildman–Crippen MR) is 60.1 cm³/mol. The average Bonchev–Trinajstić information content (AvgIpc) is 2.47. The summed E-state index contributed by atoms with van der Waals surface area (Å²) < 4.78 is 0.583. The van der Waals surface area contributed by atoms with Gasteiger partial charge in [0, 0.05) is 16.3 Å². The first-order chi connectivity index (χ1) is 6.59. The summed E-state index contributed by atoms with van der Waals surface area (Å²) in [6, 6.07) is 4.76. The lowest BCUT2D eigenvalue weighted by Gasteiger charge is -1.95. The van der Waals surface area contributed by atoms with E-state index in [1.165, 1.54) is 17.4 Å². The third kappa shape index (κ3) is 1.32. The second-order valence-electron chi connectivity index (χ2n) is 2.75. The molecule has 0 saturated heterocycles. The molecule has 6 heteroatoms. The zero-order chi connectivity index (χ0) is 10.3. The topological polar surface area (TPSA) is 69.2 Å². The largest absolute Gasteiger partial charge is 0.391 e. The van der Waals surface area contributed by atoms with Gasteiger partial charge in [-0.25, -0.2) is 0 Å². The van der Waals surface area contributed by atoms with Gasteiger partial charge in [-0.1, -0.05) is 0 Å². The van der Waals surface area contributed by atoms with E-state index >= 15 is 0 Å². The van der Waals surface area contributed by atoms with E-state index in [1.54, 1.807) is 12.1 Å². The summed E-state index contributed by atoms with van der Waals surface area (Å²) in [5.41, 5.74) is 5.67. The molecule has 0 aliphatic heterocycles. The second kappa shape index (κ2) is 3.14. The average molecular weight is 226 g/mol. The lowest BCUT2D eigenvalue weighted by atomic mass is 10.2. The van der Waals surface area contributed by atoms with E-state index in [2.05, 4.69) is 12.6 Å². The summed E-state index contributed by atoms with van der Waals surface area (Å²) in [5, 5.41) is 12.0. The van der Waals surface area contributed by atoms with Crippen molar-refractivity contribution in [1.29, 1.82) is 0 Å². The number of hydrogen-bond donors (Lipinski definition) is 2. The smallest absolute Gasteiger partial charge is 0.287 e. The minimum Gasteiger partial charge on any atom is -0.391 e. The van der Waals surface area contributed by atoms with Crippen LogP contribution in [-0.4, -0.2) is 4.92 Å². The van der Waals surface area contributed by atoms with Crippen molar-refractivity contribution in [2.24, 2.45) is 0 Å². The van der Waals surface area contributed by atoms with Gasteiger partial charge in [-0.15, -0.1) is 24.0 Å². The van der Waals surface area contributed by atoms with Crippen molar-refractivity contribution in [3.63, 3.8) is 0 Å². The third-order valence-electron chi connectivity index (χ3n) is 1.86. The zero-order valence-electron chi connectivity index (χ0n) is 6.93. The number of nitrogens with zero attached hydrogens (tertiary/aromatic N) is 1. The van der Waals surface area contributed by atoms with Crippen LogP contribution in [0, 0.1) is 10.1 Å². The highest BCUT2D eigenvalue weighted by molar-refractivity contribution is 7.80. The lowest BCUT2D eigenvalue weighted by molar-refractivity contribution is -0.382. The van der Waals surface area contributed by atoms with E-state index in [4.69, 9.17) is 5.73 Å². The van der Waals surface area contributed by atoms with Gasteiger partial charge in [0.15, 0.2) is 0 Å². The summed E-state index contributed by atoms with van der Waals surface area (Å²) in [6.45, 7) is 0. The third-order valence-corrected chi connectivity index (χ3v) is 3.23. The van der Waals surface area contributed by atoms with Crippen molar-refractivity contribution >= 4 is 44.7 Å². The maximum atomic E-state index is 10.7. The summed E-state index contributed by atoms with van der Waals surface area (Å²) in [7, 11) is 0. The van der Waals surface area contributed by atoms with E-state index in [0.29, 0.717) is 14.6 Å². The van der Waals surface area contributed by atoms with Crippen molar-refractivity contribution in [3.8, 4) is 0 Å². The fourth-order valence-corrected chi connectivity index (χ4v) is 2.52. The summed E-state index contributed by atoms with van der Waals surface area (Å²) in [5.74, 6) is 0. The van der Waals surface area contributed by atoms with Crippen LogP contribution in [0.3, 0.4) is 0 Å². The zero-order valence-corrected chi connectivity index (χ0v) is 8.64. The number of thiol groups is 1. The number of anilines is 1. The highest BCUT2D eigenvalue weighted by Gasteiger charge is 2.15. The Balaban J connectivity index is 2.87. The van der Waals surface area contributed by atoms with Crippen LogP contribution >= 0.6 is 24.0 Å². The van der Waals surface area contributed by atoms with E-state index < -0.39 is 4.92 Å². The molecule has 0 spiro atoms. The van der Waals surface area contributed by atoms with Crippen molar-refractivity contribution in [1.82, 2.24) is 0 Å². The number of thiophene rings is 1. The molecule has 1 heterocycles. The van der Waals surface area contributed by atoms with Crippen molar-refractivity contribution in [2.75, 3.05) is 5.73 Å². The van der Waals surface area contributed by atoms with Crippen LogP contribution in [0.1, 0.15) is 0 Å². The number of hydrogen-bond acceptors (Lipinski definition) is 5. The van der Waals surface area contributed by atoms with Gasteiger partial charge in [0.25, 0.3) is 5.69 Å². The number of fused-ring (bicyclic) bond motifs is 1. The van der Waals surface area contributed by atoms with Crippen molar-refractivity contribution in [3.05, 3.63) is 28.3 Å². The molecule has 2 N–H and O–H groups in total. The maximum Gasteiger partial charge on any atom is 0.287 e. The Bertz CT molecular complexity index is 521. The van der Waals surface area contributed by atoms with Crippen LogP contribution in [0.4, 0.5) is 10.7 Å². The van der Waals surface area contributed by atoms with Gasteiger partial charge in [-0.2, -0.15) is 0 Å². The minimum atomic E-state index is -0.411. The Labute approximate surface area is 88.9 Å². The molecule has 1 aromatic carbocycles. The van der Waals surface area contributed by atoms with Crippen LogP contribution in [0.15, 0.2) is 23.1 Å². The number of nitrogen functional groups attached to an aromatic ring is 1. The number of rotatable bonds is 1. The molecule has 0 radical (unpaired) electrons. The summed E-state index contributed by atoms with van der Waals surface area (Å²) in [4.78, 5) is 11.0. The van der Waals surface area contributed by atoms with Gasteiger partial charge in [0.2, 0.25) is 0 Å². The first-order valence-corrected chi connectivity index (χ1v) is 5.01. The van der Waals surface area contributed by atoms with Crippen molar-refractivity contribution in [2.45, 2.75) is 4.90 Å². The summed E-state index contributed by atoms with van der Waals surface area (Å²) >= 11 is 5.42. The Hall–Kier alpha value is -1.27. The Kier molecular flexibility index (Phi) is 2.09. The Morgan fingerprint density at radius 3 is 2.86 bits per heavy atom. The van der Waals surface area contributed by atoms with Gasteiger partial charge >= 0.3 is 0 Å². The molecule has 0 aliphatic rings. The molecule has 72 valence electrons. The number of nitro groups is 1. The molecular weight excluding hydrogens is 220 g/mol. The van der Waals surface area contributed by atoms with E-state index in [9.17, 15) is 10.1 Å². The van der Waals surface area contributed by atoms with Gasteiger partial charge in [-0.3, -0.25) is 10.1 Å².